The fraction of sp³-hybridized carbons (Fsp3) is 0.708. The summed E-state index contributed by atoms with van der Waals surface area (Å²) in [6.45, 7) is 6.38. The topological polar surface area (TPSA) is 78.9 Å². The molecule has 0 bridgehead atoms. The van der Waals surface area contributed by atoms with Gasteiger partial charge in [-0.25, -0.2) is 0 Å². The molecule has 1 atom stereocenters. The van der Waals surface area contributed by atoms with Crippen LogP contribution in [0.2, 0.25) is 0 Å². The van der Waals surface area contributed by atoms with Crippen molar-refractivity contribution in [2.45, 2.75) is 316 Å². The summed E-state index contributed by atoms with van der Waals surface area (Å²) in [4.78, 5) is 38.3. The maximum Gasteiger partial charge on any atom is 0.306 e. The molecule has 6 heteroatoms. The van der Waals surface area contributed by atoms with Crippen molar-refractivity contribution in [3.05, 3.63) is 109 Å². The SMILES string of the molecule is CC/C=C\C/C=C\C/C=C\C/C=C\C/C=C\CCCCCCCCCCCCCCCC(=O)OCC(COC(=O)CC/C=C\C/C=C\C/C=C\C/C=C\CC)OC(=O)CCCCCCCCCCCCCCCCCCCC. The number of hydrogen-bond acceptors (Lipinski definition) is 6. The van der Waals surface area contributed by atoms with Crippen LogP contribution in [0.25, 0.3) is 0 Å². The molecule has 0 fully saturated rings. The van der Waals surface area contributed by atoms with E-state index in [1.165, 1.54) is 167 Å². The van der Waals surface area contributed by atoms with Gasteiger partial charge in [-0.2, -0.15) is 0 Å². The average molecular weight is 1080 g/mol. The van der Waals surface area contributed by atoms with E-state index in [0.717, 1.165) is 96.3 Å². The molecule has 0 aliphatic heterocycles. The van der Waals surface area contributed by atoms with Gasteiger partial charge in [0.25, 0.3) is 0 Å². The van der Waals surface area contributed by atoms with E-state index in [1.54, 1.807) is 0 Å². The first-order valence-electron chi connectivity index (χ1n) is 32.9. The molecule has 0 aromatic carbocycles. The Hall–Kier alpha value is -3.93. The minimum Gasteiger partial charge on any atom is -0.462 e. The van der Waals surface area contributed by atoms with E-state index in [2.05, 4.69) is 124 Å². The van der Waals surface area contributed by atoms with E-state index in [9.17, 15) is 14.4 Å². The lowest BCUT2D eigenvalue weighted by atomic mass is 10.0. The van der Waals surface area contributed by atoms with E-state index in [4.69, 9.17) is 14.2 Å². The van der Waals surface area contributed by atoms with Crippen LogP contribution in [0.4, 0.5) is 0 Å². The molecule has 0 saturated carbocycles. The highest BCUT2D eigenvalue weighted by Gasteiger charge is 2.19. The summed E-state index contributed by atoms with van der Waals surface area (Å²) in [6.07, 6.45) is 89.8. The molecule has 0 heterocycles. The largest absolute Gasteiger partial charge is 0.462 e. The molecule has 0 aliphatic carbocycles. The predicted octanol–water partition coefficient (Wildman–Crippen LogP) is 22.6. The second-order valence-electron chi connectivity index (χ2n) is 21.6. The van der Waals surface area contributed by atoms with Crippen LogP contribution in [0.15, 0.2) is 109 Å². The van der Waals surface area contributed by atoms with Gasteiger partial charge in [0.2, 0.25) is 0 Å². The molecule has 0 N–H and O–H groups in total. The molecule has 0 radical (unpaired) electrons. The number of hydrogen-bond donors (Lipinski definition) is 0. The molecule has 446 valence electrons. The van der Waals surface area contributed by atoms with E-state index >= 15 is 0 Å². The van der Waals surface area contributed by atoms with Crippen LogP contribution < -0.4 is 0 Å². The molecule has 0 rings (SSSR count). The summed E-state index contributed by atoms with van der Waals surface area (Å²) < 4.78 is 16.9. The molecule has 0 spiro atoms. The Labute approximate surface area is 482 Å². The van der Waals surface area contributed by atoms with E-state index < -0.39 is 6.10 Å². The van der Waals surface area contributed by atoms with Crippen LogP contribution in [0.5, 0.6) is 0 Å². The summed E-state index contributed by atoms with van der Waals surface area (Å²) >= 11 is 0. The molecular formula is C72H122O6. The highest BCUT2D eigenvalue weighted by atomic mass is 16.6. The van der Waals surface area contributed by atoms with Crippen LogP contribution in [-0.2, 0) is 28.6 Å². The molecule has 1 unspecified atom stereocenters. The number of rotatable bonds is 59. The molecular weight excluding hydrogens is 961 g/mol. The molecule has 6 nitrogen and oxygen atoms in total. The van der Waals surface area contributed by atoms with E-state index in [-0.39, 0.29) is 37.5 Å². The smallest absolute Gasteiger partial charge is 0.306 e. The van der Waals surface area contributed by atoms with Crippen molar-refractivity contribution in [2.75, 3.05) is 13.2 Å². The molecule has 78 heavy (non-hydrogen) atoms. The van der Waals surface area contributed by atoms with Crippen molar-refractivity contribution in [1.82, 2.24) is 0 Å². The van der Waals surface area contributed by atoms with Crippen LogP contribution in [-0.4, -0.2) is 37.2 Å². The fourth-order valence-corrected chi connectivity index (χ4v) is 9.19. The fourth-order valence-electron chi connectivity index (χ4n) is 9.19. The Kier molecular flexibility index (Phi) is 62.3. The zero-order chi connectivity index (χ0) is 56.4. The van der Waals surface area contributed by atoms with Gasteiger partial charge in [-0.3, -0.25) is 14.4 Å². The Balaban J connectivity index is 4.29. The van der Waals surface area contributed by atoms with E-state index in [1.807, 2.05) is 6.08 Å². The van der Waals surface area contributed by atoms with Gasteiger partial charge >= 0.3 is 17.9 Å². The van der Waals surface area contributed by atoms with Crippen LogP contribution in [0, 0.1) is 0 Å². The lowest BCUT2D eigenvalue weighted by Crippen LogP contribution is -2.30. The summed E-state index contributed by atoms with van der Waals surface area (Å²) in [6, 6.07) is 0. The highest BCUT2D eigenvalue weighted by Crippen LogP contribution is 2.17. The van der Waals surface area contributed by atoms with Gasteiger partial charge in [0.05, 0.1) is 0 Å². The first-order valence-corrected chi connectivity index (χ1v) is 32.9. The number of unbranched alkanes of at least 4 members (excludes halogenated alkanes) is 30. The third kappa shape index (κ3) is 62.9. The van der Waals surface area contributed by atoms with Crippen LogP contribution in [0.1, 0.15) is 310 Å². The summed E-state index contributed by atoms with van der Waals surface area (Å²) in [7, 11) is 0. The van der Waals surface area contributed by atoms with Crippen LogP contribution in [0.3, 0.4) is 0 Å². The van der Waals surface area contributed by atoms with Crippen molar-refractivity contribution < 1.29 is 28.6 Å². The minimum absolute atomic E-state index is 0.0983. The Morgan fingerprint density at radius 2 is 0.526 bits per heavy atom. The maximum absolute atomic E-state index is 12.9. The van der Waals surface area contributed by atoms with Gasteiger partial charge in [-0.1, -0.05) is 310 Å². The normalized spacial score (nSPS) is 12.8. The standard InChI is InChI=1S/C72H122O6/c1-4-7-10-13-16-19-22-25-27-29-31-32-33-34-35-36-37-38-39-40-41-43-44-47-50-53-56-59-62-65-71(74)77-68-69(67-76-70(73)64-61-58-55-52-49-46-24-21-18-15-12-9-6-3)78-72(75)66-63-60-57-54-51-48-45-42-30-28-26-23-20-17-14-11-8-5-2/h7,9-10,12,16,18-19,21,25,27,31-32,34-35,46,49,55,58,69H,4-6,8,11,13-15,17,20,22-24,26,28-30,33,36-45,47-48,50-54,56-57,59-68H2,1-3H3/b10-7-,12-9-,19-16-,21-18-,27-25-,32-31-,35-34-,49-46-,58-55-. The lowest BCUT2D eigenvalue weighted by Gasteiger charge is -2.18. The average Bonchev–Trinajstić information content (AvgIpc) is 3.44. The number of allylic oxidation sites excluding steroid dienone is 18. The highest BCUT2D eigenvalue weighted by molar-refractivity contribution is 5.71. The second kappa shape index (κ2) is 65.6. The van der Waals surface area contributed by atoms with Crippen molar-refractivity contribution in [1.29, 1.82) is 0 Å². The zero-order valence-electron chi connectivity index (χ0n) is 51.2. The Bertz CT molecular complexity index is 1570. The third-order valence-corrected chi connectivity index (χ3v) is 14.0. The number of carbonyl (C=O) groups is 3. The van der Waals surface area contributed by atoms with Gasteiger partial charge < -0.3 is 14.2 Å². The number of carbonyl (C=O) groups excluding carboxylic acids is 3. The minimum atomic E-state index is -0.807. The first-order chi connectivity index (χ1) is 38.5. The second-order valence-corrected chi connectivity index (χ2v) is 21.6. The maximum atomic E-state index is 12.9. The van der Waals surface area contributed by atoms with E-state index in [0.29, 0.717) is 19.3 Å². The van der Waals surface area contributed by atoms with Crippen molar-refractivity contribution >= 4 is 17.9 Å². The van der Waals surface area contributed by atoms with Gasteiger partial charge in [-0.05, 0) is 89.9 Å². The summed E-state index contributed by atoms with van der Waals surface area (Å²) in [5, 5.41) is 0. The molecule has 0 saturated heterocycles. The molecule has 0 aliphatic rings. The molecule has 0 amide bonds. The van der Waals surface area contributed by atoms with Crippen molar-refractivity contribution in [3.8, 4) is 0 Å². The Morgan fingerprint density at radius 1 is 0.269 bits per heavy atom. The van der Waals surface area contributed by atoms with Crippen molar-refractivity contribution in [2.24, 2.45) is 0 Å². The quantitative estimate of drug-likeness (QED) is 0.0261. The molecule has 0 aromatic heterocycles. The number of ether oxygens (including phenoxy) is 3. The monoisotopic (exact) mass is 1080 g/mol. The van der Waals surface area contributed by atoms with Gasteiger partial charge in [0, 0.05) is 19.3 Å². The van der Waals surface area contributed by atoms with Gasteiger partial charge in [-0.15, -0.1) is 0 Å². The predicted molar refractivity (Wildman–Crippen MR) is 339 cm³/mol. The van der Waals surface area contributed by atoms with Crippen LogP contribution >= 0.6 is 0 Å². The first kappa shape index (κ1) is 74.1. The van der Waals surface area contributed by atoms with Gasteiger partial charge in [0.1, 0.15) is 13.2 Å². The third-order valence-electron chi connectivity index (χ3n) is 14.0. The zero-order valence-corrected chi connectivity index (χ0v) is 51.2. The summed E-state index contributed by atoms with van der Waals surface area (Å²) in [5.74, 6) is -0.973. The van der Waals surface area contributed by atoms with Crippen molar-refractivity contribution in [3.63, 3.8) is 0 Å². The Morgan fingerprint density at radius 3 is 0.859 bits per heavy atom. The molecule has 0 aromatic rings. The van der Waals surface area contributed by atoms with Gasteiger partial charge in [0.15, 0.2) is 6.10 Å². The number of esters is 3. The lowest BCUT2D eigenvalue weighted by molar-refractivity contribution is -0.166. The summed E-state index contributed by atoms with van der Waals surface area (Å²) in [5.41, 5.74) is 0.